The first-order valence-electron chi connectivity index (χ1n) is 4.34. The fourth-order valence-electron chi connectivity index (χ4n) is 1.13. The molecule has 0 saturated heterocycles. The van der Waals surface area contributed by atoms with E-state index in [-0.39, 0.29) is 6.04 Å². The standard InChI is InChI=1S/C10H14ClNO/c1-2-9(12)10(13)7-3-5-8(11)6-4-7/h3-6,9-10,13H,2,12H2,1H3. The van der Waals surface area contributed by atoms with Gasteiger partial charge in [-0.2, -0.15) is 0 Å². The molecule has 3 N–H and O–H groups in total. The van der Waals surface area contributed by atoms with Crippen molar-refractivity contribution in [1.29, 1.82) is 0 Å². The molecule has 0 heterocycles. The SMILES string of the molecule is CCC(N)C(O)c1ccc(Cl)cc1. The van der Waals surface area contributed by atoms with Gasteiger partial charge in [0.15, 0.2) is 0 Å². The van der Waals surface area contributed by atoms with Gasteiger partial charge < -0.3 is 10.8 Å². The molecule has 2 atom stereocenters. The number of benzene rings is 1. The van der Waals surface area contributed by atoms with Crippen molar-refractivity contribution in [2.24, 2.45) is 5.73 Å². The van der Waals surface area contributed by atoms with Crippen molar-refractivity contribution in [2.45, 2.75) is 25.5 Å². The summed E-state index contributed by atoms with van der Waals surface area (Å²) in [6.45, 7) is 1.95. The van der Waals surface area contributed by atoms with Crippen LogP contribution in [0.1, 0.15) is 25.0 Å². The second kappa shape index (κ2) is 4.61. The number of halogens is 1. The van der Waals surface area contributed by atoms with E-state index in [1.54, 1.807) is 24.3 Å². The summed E-state index contributed by atoms with van der Waals surface area (Å²) < 4.78 is 0. The minimum atomic E-state index is -0.595. The van der Waals surface area contributed by atoms with Crippen LogP contribution >= 0.6 is 11.6 Å². The summed E-state index contributed by atoms with van der Waals surface area (Å²) in [5.41, 5.74) is 6.52. The lowest BCUT2D eigenvalue weighted by atomic mass is 10.0. The highest BCUT2D eigenvalue weighted by Gasteiger charge is 2.14. The van der Waals surface area contributed by atoms with Crippen LogP contribution in [0.3, 0.4) is 0 Å². The lowest BCUT2D eigenvalue weighted by Gasteiger charge is -2.17. The monoisotopic (exact) mass is 199 g/mol. The zero-order valence-corrected chi connectivity index (χ0v) is 8.33. The van der Waals surface area contributed by atoms with Crippen molar-refractivity contribution in [3.63, 3.8) is 0 Å². The quantitative estimate of drug-likeness (QED) is 0.784. The van der Waals surface area contributed by atoms with Crippen molar-refractivity contribution in [3.8, 4) is 0 Å². The van der Waals surface area contributed by atoms with Crippen molar-refractivity contribution in [2.75, 3.05) is 0 Å². The van der Waals surface area contributed by atoms with Crippen LogP contribution in [-0.4, -0.2) is 11.1 Å². The minimum absolute atomic E-state index is 0.207. The maximum absolute atomic E-state index is 9.71. The number of nitrogens with two attached hydrogens (primary N) is 1. The van der Waals surface area contributed by atoms with Crippen LogP contribution in [0, 0.1) is 0 Å². The highest BCUT2D eigenvalue weighted by Crippen LogP contribution is 2.19. The summed E-state index contributed by atoms with van der Waals surface area (Å²) in [5, 5.41) is 10.4. The van der Waals surface area contributed by atoms with Crippen molar-refractivity contribution in [1.82, 2.24) is 0 Å². The van der Waals surface area contributed by atoms with Gasteiger partial charge in [-0.1, -0.05) is 30.7 Å². The molecule has 2 unspecified atom stereocenters. The number of hydrogen-bond acceptors (Lipinski definition) is 2. The molecule has 13 heavy (non-hydrogen) atoms. The lowest BCUT2D eigenvalue weighted by Crippen LogP contribution is -2.27. The Morgan fingerprint density at radius 3 is 2.38 bits per heavy atom. The fourth-order valence-corrected chi connectivity index (χ4v) is 1.26. The van der Waals surface area contributed by atoms with Gasteiger partial charge in [0, 0.05) is 11.1 Å². The third-order valence-electron chi connectivity index (χ3n) is 2.09. The van der Waals surface area contributed by atoms with Gasteiger partial charge in [-0.25, -0.2) is 0 Å². The molecular formula is C10H14ClNO. The average Bonchev–Trinajstić information content (AvgIpc) is 2.17. The Kier molecular flexibility index (Phi) is 3.72. The number of aliphatic hydroxyl groups is 1. The Morgan fingerprint density at radius 2 is 1.92 bits per heavy atom. The van der Waals surface area contributed by atoms with Crippen molar-refractivity contribution >= 4 is 11.6 Å². The van der Waals surface area contributed by atoms with Crippen LogP contribution in [0.2, 0.25) is 5.02 Å². The van der Waals surface area contributed by atoms with Crippen LogP contribution in [0.5, 0.6) is 0 Å². The van der Waals surface area contributed by atoms with Gasteiger partial charge in [0.1, 0.15) is 0 Å². The third-order valence-corrected chi connectivity index (χ3v) is 2.34. The van der Waals surface area contributed by atoms with Gasteiger partial charge in [0.05, 0.1) is 6.10 Å². The molecule has 1 aromatic carbocycles. The first-order valence-corrected chi connectivity index (χ1v) is 4.72. The van der Waals surface area contributed by atoms with Crippen LogP contribution in [-0.2, 0) is 0 Å². The van der Waals surface area contributed by atoms with Crippen molar-refractivity contribution in [3.05, 3.63) is 34.9 Å². The van der Waals surface area contributed by atoms with Gasteiger partial charge in [0.2, 0.25) is 0 Å². The summed E-state index contributed by atoms with van der Waals surface area (Å²) in [7, 11) is 0. The molecule has 0 aliphatic heterocycles. The molecule has 0 aliphatic carbocycles. The summed E-state index contributed by atoms with van der Waals surface area (Å²) in [6, 6.07) is 6.89. The summed E-state index contributed by atoms with van der Waals surface area (Å²) in [6.07, 6.45) is 0.159. The normalized spacial score (nSPS) is 15.4. The molecule has 1 rings (SSSR count). The highest BCUT2D eigenvalue weighted by atomic mass is 35.5. The summed E-state index contributed by atoms with van der Waals surface area (Å²) >= 11 is 5.72. The molecule has 0 radical (unpaired) electrons. The smallest absolute Gasteiger partial charge is 0.0940 e. The first kappa shape index (κ1) is 10.5. The average molecular weight is 200 g/mol. The molecule has 0 aliphatic rings. The van der Waals surface area contributed by atoms with E-state index in [0.717, 1.165) is 12.0 Å². The zero-order valence-electron chi connectivity index (χ0n) is 7.57. The van der Waals surface area contributed by atoms with E-state index in [1.165, 1.54) is 0 Å². The Hall–Kier alpha value is -0.570. The predicted molar refractivity (Wildman–Crippen MR) is 54.7 cm³/mol. The molecule has 72 valence electrons. The lowest BCUT2D eigenvalue weighted by molar-refractivity contribution is 0.144. The van der Waals surface area contributed by atoms with E-state index in [9.17, 15) is 5.11 Å². The van der Waals surface area contributed by atoms with Gasteiger partial charge >= 0.3 is 0 Å². The van der Waals surface area contributed by atoms with Crippen molar-refractivity contribution < 1.29 is 5.11 Å². The maximum atomic E-state index is 9.71. The Balaban J connectivity index is 2.77. The highest BCUT2D eigenvalue weighted by molar-refractivity contribution is 6.30. The maximum Gasteiger partial charge on any atom is 0.0940 e. The van der Waals surface area contributed by atoms with E-state index < -0.39 is 6.10 Å². The fraction of sp³-hybridized carbons (Fsp3) is 0.400. The zero-order chi connectivity index (χ0) is 9.84. The number of hydrogen-bond donors (Lipinski definition) is 2. The molecule has 1 aromatic rings. The molecular weight excluding hydrogens is 186 g/mol. The molecule has 0 spiro atoms. The molecule has 2 nitrogen and oxygen atoms in total. The van der Waals surface area contributed by atoms with Gasteiger partial charge in [-0.05, 0) is 24.1 Å². The van der Waals surface area contributed by atoms with Crippen LogP contribution in [0.25, 0.3) is 0 Å². The molecule has 0 saturated carbocycles. The van der Waals surface area contributed by atoms with E-state index in [2.05, 4.69) is 0 Å². The van der Waals surface area contributed by atoms with Crippen LogP contribution in [0.4, 0.5) is 0 Å². The van der Waals surface area contributed by atoms with E-state index in [4.69, 9.17) is 17.3 Å². The summed E-state index contributed by atoms with van der Waals surface area (Å²) in [4.78, 5) is 0. The Bertz CT molecular complexity index is 260. The summed E-state index contributed by atoms with van der Waals surface area (Å²) in [5.74, 6) is 0. The molecule has 3 heteroatoms. The molecule has 0 aromatic heterocycles. The first-order chi connectivity index (χ1) is 6.15. The van der Waals surface area contributed by atoms with Gasteiger partial charge in [-0.3, -0.25) is 0 Å². The number of rotatable bonds is 3. The second-order valence-corrected chi connectivity index (χ2v) is 3.50. The van der Waals surface area contributed by atoms with Crippen LogP contribution < -0.4 is 5.73 Å². The minimum Gasteiger partial charge on any atom is -0.387 e. The third kappa shape index (κ3) is 2.69. The van der Waals surface area contributed by atoms with E-state index in [0.29, 0.717) is 5.02 Å². The van der Waals surface area contributed by atoms with E-state index in [1.807, 2.05) is 6.92 Å². The molecule has 0 fully saturated rings. The Morgan fingerprint density at radius 1 is 1.38 bits per heavy atom. The Labute approximate surface area is 83.3 Å². The predicted octanol–water partition coefficient (Wildman–Crippen LogP) is 2.11. The topological polar surface area (TPSA) is 46.2 Å². The van der Waals surface area contributed by atoms with E-state index >= 15 is 0 Å². The molecule has 0 amide bonds. The van der Waals surface area contributed by atoms with Gasteiger partial charge in [0.25, 0.3) is 0 Å². The molecule has 0 bridgehead atoms. The van der Waals surface area contributed by atoms with Gasteiger partial charge in [-0.15, -0.1) is 0 Å². The second-order valence-electron chi connectivity index (χ2n) is 3.07. The number of aliphatic hydroxyl groups excluding tert-OH is 1. The van der Waals surface area contributed by atoms with Crippen LogP contribution in [0.15, 0.2) is 24.3 Å². The largest absolute Gasteiger partial charge is 0.387 e.